The number of imidazole rings is 1. The number of fused-ring (bicyclic) bond motifs is 1. The van der Waals surface area contributed by atoms with E-state index in [4.69, 9.17) is 0 Å². The Bertz CT molecular complexity index is 1210. The molecule has 27 heavy (non-hydrogen) atoms. The van der Waals surface area contributed by atoms with Gasteiger partial charge < -0.3 is 4.98 Å². The van der Waals surface area contributed by atoms with Crippen molar-refractivity contribution in [3.05, 3.63) is 78.1 Å². The van der Waals surface area contributed by atoms with Crippen molar-refractivity contribution >= 4 is 26.7 Å². The fourth-order valence-corrected chi connectivity index (χ4v) is 3.84. The van der Waals surface area contributed by atoms with Gasteiger partial charge in [0.2, 0.25) is 0 Å². The van der Waals surface area contributed by atoms with E-state index in [2.05, 4.69) is 14.7 Å². The summed E-state index contributed by atoms with van der Waals surface area (Å²) in [4.78, 5) is 7.82. The van der Waals surface area contributed by atoms with E-state index < -0.39 is 15.8 Å². The van der Waals surface area contributed by atoms with E-state index in [0.29, 0.717) is 11.5 Å². The van der Waals surface area contributed by atoms with E-state index in [1.165, 1.54) is 12.1 Å². The van der Waals surface area contributed by atoms with Crippen molar-refractivity contribution in [1.82, 2.24) is 9.97 Å². The molecule has 2 N–H and O–H groups in total. The minimum atomic E-state index is -3.77. The Morgan fingerprint density at radius 2 is 1.67 bits per heavy atom. The molecule has 0 fully saturated rings. The number of hydrogen-bond acceptors (Lipinski definition) is 3. The predicted molar refractivity (Wildman–Crippen MR) is 103 cm³/mol. The van der Waals surface area contributed by atoms with Crippen LogP contribution >= 0.6 is 0 Å². The van der Waals surface area contributed by atoms with Gasteiger partial charge in [-0.05, 0) is 73.2 Å². The first-order chi connectivity index (χ1) is 12.9. The quantitative estimate of drug-likeness (QED) is 0.547. The maximum Gasteiger partial charge on any atom is 0.261 e. The topological polar surface area (TPSA) is 74.8 Å². The van der Waals surface area contributed by atoms with Crippen LogP contribution in [0.25, 0.3) is 22.4 Å². The van der Waals surface area contributed by atoms with Crippen LogP contribution in [0.4, 0.5) is 10.1 Å². The molecule has 0 amide bonds. The summed E-state index contributed by atoms with van der Waals surface area (Å²) in [5, 5.41) is 0. The molecule has 0 radical (unpaired) electrons. The Hall–Kier alpha value is -3.19. The molecule has 0 saturated carbocycles. The van der Waals surface area contributed by atoms with Crippen LogP contribution < -0.4 is 4.72 Å². The number of nitrogens with zero attached hydrogens (tertiary/aromatic N) is 1. The molecule has 0 saturated heterocycles. The molecular weight excluding hydrogens is 365 g/mol. The summed E-state index contributed by atoms with van der Waals surface area (Å²) < 4.78 is 40.2. The maximum atomic E-state index is 13.0. The molecule has 0 aliphatic rings. The van der Waals surface area contributed by atoms with Crippen molar-refractivity contribution < 1.29 is 12.8 Å². The molecule has 136 valence electrons. The van der Waals surface area contributed by atoms with Crippen molar-refractivity contribution in [2.45, 2.75) is 11.8 Å². The van der Waals surface area contributed by atoms with Crippen LogP contribution in [-0.4, -0.2) is 18.4 Å². The maximum absolute atomic E-state index is 13.0. The van der Waals surface area contributed by atoms with Crippen LogP contribution in [0.3, 0.4) is 0 Å². The molecule has 0 aliphatic heterocycles. The van der Waals surface area contributed by atoms with Crippen molar-refractivity contribution in [3.63, 3.8) is 0 Å². The Morgan fingerprint density at radius 1 is 0.963 bits per heavy atom. The van der Waals surface area contributed by atoms with Crippen LogP contribution in [-0.2, 0) is 10.0 Å². The molecule has 1 aromatic heterocycles. The molecule has 5 nitrogen and oxygen atoms in total. The molecule has 4 aromatic rings. The molecule has 3 aromatic carbocycles. The van der Waals surface area contributed by atoms with Crippen LogP contribution in [0.15, 0.2) is 71.6 Å². The SMILES string of the molecule is Cc1ccc2nc(-c3ccc(NS(=O)(=O)c4ccc(F)cc4)cc3)[nH]c2c1. The van der Waals surface area contributed by atoms with E-state index in [9.17, 15) is 12.8 Å². The van der Waals surface area contributed by atoms with Crippen molar-refractivity contribution in [3.8, 4) is 11.4 Å². The van der Waals surface area contributed by atoms with Crippen LogP contribution in [0.1, 0.15) is 5.56 Å². The zero-order valence-electron chi connectivity index (χ0n) is 14.4. The Balaban J connectivity index is 1.58. The van der Waals surface area contributed by atoms with Gasteiger partial charge in [0.25, 0.3) is 10.0 Å². The minimum absolute atomic E-state index is 0.000584. The summed E-state index contributed by atoms with van der Waals surface area (Å²) >= 11 is 0. The standard InChI is InChI=1S/C20H16FN3O2S/c1-13-2-11-18-19(12-13)23-20(22-18)14-3-7-16(8-4-14)24-27(25,26)17-9-5-15(21)6-10-17/h2-12,24H,1H3,(H,22,23). The fourth-order valence-electron chi connectivity index (χ4n) is 2.78. The molecule has 4 rings (SSSR count). The van der Waals surface area contributed by atoms with Crippen molar-refractivity contribution in [2.24, 2.45) is 0 Å². The molecule has 0 atom stereocenters. The number of anilines is 1. The van der Waals surface area contributed by atoms with Crippen LogP contribution in [0.2, 0.25) is 0 Å². The molecule has 0 unspecified atom stereocenters. The summed E-state index contributed by atoms with van der Waals surface area (Å²) in [6.07, 6.45) is 0. The summed E-state index contributed by atoms with van der Waals surface area (Å²) in [5.74, 6) is 0.225. The Kier molecular flexibility index (Phi) is 4.16. The summed E-state index contributed by atoms with van der Waals surface area (Å²) in [5.41, 5.74) is 4.22. The monoisotopic (exact) mass is 381 g/mol. The van der Waals surface area contributed by atoms with Crippen molar-refractivity contribution in [1.29, 1.82) is 0 Å². The first kappa shape index (κ1) is 17.2. The Labute approximate surface area is 155 Å². The van der Waals surface area contributed by atoms with Gasteiger partial charge in [0.1, 0.15) is 11.6 Å². The third-order valence-corrected chi connectivity index (χ3v) is 5.57. The highest BCUT2D eigenvalue weighted by Gasteiger charge is 2.14. The Morgan fingerprint density at radius 3 is 2.37 bits per heavy atom. The number of sulfonamides is 1. The van der Waals surface area contributed by atoms with E-state index in [1.807, 2.05) is 25.1 Å². The lowest BCUT2D eigenvalue weighted by Crippen LogP contribution is -2.12. The van der Waals surface area contributed by atoms with Crippen LogP contribution in [0.5, 0.6) is 0 Å². The van der Waals surface area contributed by atoms with Crippen molar-refractivity contribution in [2.75, 3.05) is 4.72 Å². The third-order valence-electron chi connectivity index (χ3n) is 4.17. The average molecular weight is 381 g/mol. The number of aromatic amines is 1. The van der Waals surface area contributed by atoms with Gasteiger partial charge in [-0.2, -0.15) is 0 Å². The van der Waals surface area contributed by atoms with Gasteiger partial charge in [-0.15, -0.1) is 0 Å². The fraction of sp³-hybridized carbons (Fsp3) is 0.0500. The van der Waals surface area contributed by atoms with E-state index in [0.717, 1.165) is 34.3 Å². The van der Waals surface area contributed by atoms with Gasteiger partial charge in [0, 0.05) is 11.3 Å². The molecule has 0 spiro atoms. The second-order valence-corrected chi connectivity index (χ2v) is 7.93. The number of rotatable bonds is 4. The smallest absolute Gasteiger partial charge is 0.261 e. The summed E-state index contributed by atoms with van der Waals surface area (Å²) in [7, 11) is -3.77. The second kappa shape index (κ2) is 6.51. The van der Waals surface area contributed by atoms with Gasteiger partial charge in [-0.1, -0.05) is 6.07 Å². The number of hydrogen-bond donors (Lipinski definition) is 2. The number of nitrogens with one attached hydrogen (secondary N) is 2. The van der Waals surface area contributed by atoms with Crippen LogP contribution in [0, 0.1) is 12.7 Å². The highest BCUT2D eigenvalue weighted by Crippen LogP contribution is 2.24. The zero-order chi connectivity index (χ0) is 19.0. The highest BCUT2D eigenvalue weighted by atomic mass is 32.2. The van der Waals surface area contributed by atoms with E-state index in [-0.39, 0.29) is 4.90 Å². The van der Waals surface area contributed by atoms with E-state index >= 15 is 0 Å². The molecule has 7 heteroatoms. The lowest BCUT2D eigenvalue weighted by molar-refractivity contribution is 0.599. The highest BCUT2D eigenvalue weighted by molar-refractivity contribution is 7.92. The minimum Gasteiger partial charge on any atom is -0.338 e. The van der Waals surface area contributed by atoms with Gasteiger partial charge in [-0.3, -0.25) is 4.72 Å². The second-order valence-electron chi connectivity index (χ2n) is 6.24. The average Bonchev–Trinajstić information content (AvgIpc) is 3.05. The predicted octanol–water partition coefficient (Wildman–Crippen LogP) is 4.48. The first-order valence-corrected chi connectivity index (χ1v) is 9.74. The summed E-state index contributed by atoms with van der Waals surface area (Å²) in [6, 6.07) is 17.5. The number of halogens is 1. The zero-order valence-corrected chi connectivity index (χ0v) is 15.2. The number of aromatic nitrogens is 2. The number of H-pyrrole nitrogens is 1. The number of benzene rings is 3. The molecule has 0 bridgehead atoms. The molecule has 0 aliphatic carbocycles. The van der Waals surface area contributed by atoms with Gasteiger partial charge >= 0.3 is 0 Å². The molecule has 1 heterocycles. The van der Waals surface area contributed by atoms with E-state index in [1.54, 1.807) is 24.3 Å². The number of aryl methyl sites for hydroxylation is 1. The molecular formula is C20H16FN3O2S. The third kappa shape index (κ3) is 3.54. The van der Waals surface area contributed by atoms with Gasteiger partial charge in [0.15, 0.2) is 0 Å². The summed E-state index contributed by atoms with van der Waals surface area (Å²) in [6.45, 7) is 2.02. The normalized spacial score (nSPS) is 11.6. The van der Waals surface area contributed by atoms with Gasteiger partial charge in [0.05, 0.1) is 15.9 Å². The lowest BCUT2D eigenvalue weighted by atomic mass is 10.2. The van der Waals surface area contributed by atoms with Gasteiger partial charge in [-0.25, -0.2) is 17.8 Å². The first-order valence-electron chi connectivity index (χ1n) is 8.26. The lowest BCUT2D eigenvalue weighted by Gasteiger charge is -2.08. The largest absolute Gasteiger partial charge is 0.338 e.